The summed E-state index contributed by atoms with van der Waals surface area (Å²) in [4.78, 5) is 23.7. The van der Waals surface area contributed by atoms with E-state index in [-0.39, 0.29) is 21.8 Å². The van der Waals surface area contributed by atoms with E-state index in [0.29, 0.717) is 9.87 Å². The van der Waals surface area contributed by atoms with Crippen molar-refractivity contribution in [3.05, 3.63) is 100 Å². The predicted molar refractivity (Wildman–Crippen MR) is 105 cm³/mol. The summed E-state index contributed by atoms with van der Waals surface area (Å²) in [5.74, 6) is -0.877. The maximum absolute atomic E-state index is 13.2. The number of carbonyl (C=O) groups excluding carboxylic acids is 1. The molecule has 0 heterocycles. The first-order chi connectivity index (χ1) is 13.3. The first-order valence-electron chi connectivity index (χ1n) is 8.27. The molecule has 1 amide bonds. The zero-order valence-corrected chi connectivity index (χ0v) is 15.7. The van der Waals surface area contributed by atoms with Gasteiger partial charge in [0.25, 0.3) is 21.6 Å². The van der Waals surface area contributed by atoms with Crippen LogP contribution in [0.2, 0.25) is 0 Å². The van der Waals surface area contributed by atoms with Crippen molar-refractivity contribution in [2.24, 2.45) is 0 Å². The van der Waals surface area contributed by atoms with Crippen LogP contribution in [0.25, 0.3) is 0 Å². The average molecular weight is 396 g/mol. The standard InChI is InChI=1S/C20H16N2O5S/c1-15-12-13-16(14-19(15)22(24)25)20(23)21(17-8-4-2-5-9-17)28(26,27)18-10-6-3-7-11-18/h2-14H,1H3. The van der Waals surface area contributed by atoms with Crippen molar-refractivity contribution in [3.8, 4) is 0 Å². The molecule has 0 saturated heterocycles. The number of aryl methyl sites for hydroxylation is 1. The Morgan fingerprint density at radius 3 is 2.07 bits per heavy atom. The number of sulfonamides is 1. The first-order valence-corrected chi connectivity index (χ1v) is 9.71. The van der Waals surface area contributed by atoms with Gasteiger partial charge in [-0.15, -0.1) is 0 Å². The van der Waals surface area contributed by atoms with Crippen molar-refractivity contribution in [3.63, 3.8) is 0 Å². The maximum atomic E-state index is 13.2. The number of carbonyl (C=O) groups is 1. The summed E-state index contributed by atoms with van der Waals surface area (Å²) in [6.07, 6.45) is 0. The van der Waals surface area contributed by atoms with E-state index in [9.17, 15) is 23.3 Å². The second-order valence-electron chi connectivity index (χ2n) is 5.98. The van der Waals surface area contributed by atoms with Crippen LogP contribution >= 0.6 is 0 Å². The summed E-state index contributed by atoms with van der Waals surface area (Å²) in [6.45, 7) is 1.54. The van der Waals surface area contributed by atoms with E-state index in [2.05, 4.69) is 0 Å². The number of hydrogen-bond donors (Lipinski definition) is 0. The quantitative estimate of drug-likeness (QED) is 0.481. The third-order valence-corrected chi connectivity index (χ3v) is 5.83. The summed E-state index contributed by atoms with van der Waals surface area (Å²) in [5.41, 5.74) is 0.162. The average Bonchev–Trinajstić information content (AvgIpc) is 2.69. The molecule has 3 aromatic carbocycles. The van der Waals surface area contributed by atoms with E-state index < -0.39 is 20.9 Å². The zero-order valence-electron chi connectivity index (χ0n) is 14.8. The van der Waals surface area contributed by atoms with E-state index in [0.717, 1.165) is 6.07 Å². The van der Waals surface area contributed by atoms with Gasteiger partial charge in [-0.05, 0) is 37.3 Å². The molecule has 3 rings (SSSR count). The highest BCUT2D eigenvalue weighted by Gasteiger charge is 2.32. The molecule has 28 heavy (non-hydrogen) atoms. The maximum Gasteiger partial charge on any atom is 0.273 e. The molecule has 0 aliphatic rings. The first kappa shape index (κ1) is 19.2. The van der Waals surface area contributed by atoms with Crippen LogP contribution in [0, 0.1) is 17.0 Å². The fourth-order valence-corrected chi connectivity index (χ4v) is 4.12. The van der Waals surface area contributed by atoms with Crippen LogP contribution in [0.15, 0.2) is 83.8 Å². The minimum Gasteiger partial charge on any atom is -0.268 e. The van der Waals surface area contributed by atoms with Crippen LogP contribution in [0.5, 0.6) is 0 Å². The second-order valence-corrected chi connectivity index (χ2v) is 7.77. The Hall–Kier alpha value is -3.52. The van der Waals surface area contributed by atoms with Gasteiger partial charge in [0.15, 0.2) is 0 Å². The summed E-state index contributed by atoms with van der Waals surface area (Å²) >= 11 is 0. The molecular weight excluding hydrogens is 380 g/mol. The predicted octanol–water partition coefficient (Wildman–Crippen LogP) is 3.94. The molecule has 142 valence electrons. The molecule has 7 nitrogen and oxygen atoms in total. The minimum atomic E-state index is -4.23. The van der Waals surface area contributed by atoms with Crippen LogP contribution in [0.4, 0.5) is 11.4 Å². The number of rotatable bonds is 5. The monoisotopic (exact) mass is 396 g/mol. The van der Waals surface area contributed by atoms with Gasteiger partial charge in [-0.25, -0.2) is 8.42 Å². The molecular formula is C20H16N2O5S. The lowest BCUT2D eigenvalue weighted by Crippen LogP contribution is -2.37. The van der Waals surface area contributed by atoms with Gasteiger partial charge in [0.05, 0.1) is 15.5 Å². The third kappa shape index (κ3) is 3.63. The van der Waals surface area contributed by atoms with Gasteiger partial charge >= 0.3 is 0 Å². The van der Waals surface area contributed by atoms with Gasteiger partial charge in [-0.3, -0.25) is 14.9 Å². The smallest absolute Gasteiger partial charge is 0.268 e. The molecule has 8 heteroatoms. The highest BCUT2D eigenvalue weighted by molar-refractivity contribution is 7.93. The summed E-state index contributed by atoms with van der Waals surface area (Å²) in [5, 5.41) is 11.2. The molecule has 0 unspecified atom stereocenters. The van der Waals surface area contributed by atoms with E-state index >= 15 is 0 Å². The Labute approximate surface area is 162 Å². The van der Waals surface area contributed by atoms with Gasteiger partial charge in [-0.1, -0.05) is 42.5 Å². The van der Waals surface area contributed by atoms with Gasteiger partial charge in [0, 0.05) is 17.2 Å². The molecule has 0 fully saturated rings. The van der Waals surface area contributed by atoms with Crippen molar-refractivity contribution < 1.29 is 18.1 Å². The summed E-state index contributed by atoms with van der Waals surface area (Å²) < 4.78 is 27.1. The van der Waals surface area contributed by atoms with Crippen molar-refractivity contribution in [1.29, 1.82) is 0 Å². The molecule has 0 bridgehead atoms. The second kappa shape index (κ2) is 7.61. The molecule has 0 aliphatic carbocycles. The third-order valence-electron chi connectivity index (χ3n) is 4.11. The lowest BCUT2D eigenvalue weighted by atomic mass is 10.1. The Bertz CT molecular complexity index is 1130. The molecule has 0 atom stereocenters. The van der Waals surface area contributed by atoms with Gasteiger partial charge < -0.3 is 0 Å². The van der Waals surface area contributed by atoms with E-state index in [4.69, 9.17) is 0 Å². The summed E-state index contributed by atoms with van der Waals surface area (Å²) in [7, 11) is -4.23. The molecule has 0 spiro atoms. The zero-order chi connectivity index (χ0) is 20.3. The molecule has 0 N–H and O–H groups in total. The van der Waals surface area contributed by atoms with E-state index in [1.807, 2.05) is 0 Å². The number of nitro groups is 1. The van der Waals surface area contributed by atoms with Crippen molar-refractivity contribution in [2.45, 2.75) is 11.8 Å². The fourth-order valence-electron chi connectivity index (χ4n) is 2.68. The Morgan fingerprint density at radius 1 is 0.929 bits per heavy atom. The number of nitrogens with zero attached hydrogens (tertiary/aromatic N) is 2. The number of benzene rings is 3. The molecule has 0 aromatic heterocycles. The Kier molecular flexibility index (Phi) is 5.23. The van der Waals surface area contributed by atoms with Crippen LogP contribution in [-0.2, 0) is 10.0 Å². The lowest BCUT2D eigenvalue weighted by Gasteiger charge is -2.22. The van der Waals surface area contributed by atoms with Crippen LogP contribution in [-0.4, -0.2) is 19.2 Å². The van der Waals surface area contributed by atoms with Gasteiger partial charge in [0.1, 0.15) is 0 Å². The minimum absolute atomic E-state index is 0.0613. The topological polar surface area (TPSA) is 97.6 Å². The lowest BCUT2D eigenvalue weighted by molar-refractivity contribution is -0.385. The number of nitro benzene ring substituents is 1. The van der Waals surface area contributed by atoms with Crippen molar-refractivity contribution in [2.75, 3.05) is 4.31 Å². The largest absolute Gasteiger partial charge is 0.273 e. The highest BCUT2D eigenvalue weighted by atomic mass is 32.2. The number of anilines is 1. The van der Waals surface area contributed by atoms with Gasteiger partial charge in [0.2, 0.25) is 0 Å². The molecule has 3 aromatic rings. The Morgan fingerprint density at radius 2 is 1.50 bits per heavy atom. The van der Waals surface area contributed by atoms with Crippen molar-refractivity contribution >= 4 is 27.3 Å². The molecule has 0 aliphatic heterocycles. The van der Waals surface area contributed by atoms with E-state index in [1.54, 1.807) is 43.3 Å². The highest BCUT2D eigenvalue weighted by Crippen LogP contribution is 2.27. The molecule has 0 radical (unpaired) electrons. The van der Waals surface area contributed by atoms with Crippen LogP contribution in [0.1, 0.15) is 15.9 Å². The Balaban J connectivity index is 2.17. The normalized spacial score (nSPS) is 11.0. The summed E-state index contributed by atoms with van der Waals surface area (Å²) in [6, 6.07) is 19.3. The van der Waals surface area contributed by atoms with Crippen molar-refractivity contribution in [1.82, 2.24) is 0 Å². The van der Waals surface area contributed by atoms with Crippen LogP contribution in [0.3, 0.4) is 0 Å². The number of para-hydroxylation sites is 1. The SMILES string of the molecule is Cc1ccc(C(=O)N(c2ccccc2)S(=O)(=O)c2ccccc2)cc1[N+](=O)[O-]. The molecule has 0 saturated carbocycles. The number of hydrogen-bond acceptors (Lipinski definition) is 5. The van der Waals surface area contributed by atoms with Gasteiger partial charge in [-0.2, -0.15) is 4.31 Å². The van der Waals surface area contributed by atoms with Crippen LogP contribution < -0.4 is 4.31 Å². The number of amides is 1. The van der Waals surface area contributed by atoms with E-state index in [1.165, 1.54) is 36.4 Å². The fraction of sp³-hybridized carbons (Fsp3) is 0.0500.